The number of carbonyl (C=O) groups is 1. The zero-order valence-electron chi connectivity index (χ0n) is 16.6. The van der Waals surface area contributed by atoms with Crippen LogP contribution < -0.4 is 5.56 Å². The number of amides is 1. The van der Waals surface area contributed by atoms with Gasteiger partial charge in [0.1, 0.15) is 6.61 Å². The van der Waals surface area contributed by atoms with Gasteiger partial charge in [-0.05, 0) is 44.0 Å². The molecule has 2 aromatic rings. The van der Waals surface area contributed by atoms with E-state index in [1.165, 1.54) is 0 Å². The topological polar surface area (TPSA) is 80.6 Å². The summed E-state index contributed by atoms with van der Waals surface area (Å²) < 4.78 is 6.89. The molecule has 2 aliphatic heterocycles. The predicted octanol–water partition coefficient (Wildman–Crippen LogP) is 1.02. The number of carbonyl (C=O) groups excluding carboxylic acids is 1. The molecule has 0 saturated carbocycles. The van der Waals surface area contributed by atoms with Gasteiger partial charge >= 0.3 is 0 Å². The van der Waals surface area contributed by atoms with Crippen molar-refractivity contribution in [1.29, 1.82) is 0 Å². The van der Waals surface area contributed by atoms with Gasteiger partial charge < -0.3 is 9.64 Å². The highest BCUT2D eigenvalue weighted by Gasteiger charge is 2.27. The van der Waals surface area contributed by atoms with E-state index in [4.69, 9.17) is 4.74 Å². The highest BCUT2D eigenvalue weighted by atomic mass is 16.5. The third-order valence-electron chi connectivity index (χ3n) is 5.68. The van der Waals surface area contributed by atoms with Crippen LogP contribution in [0.2, 0.25) is 0 Å². The summed E-state index contributed by atoms with van der Waals surface area (Å²) in [6.07, 6.45) is 6.46. The van der Waals surface area contributed by atoms with Crippen LogP contribution in [0.5, 0.6) is 0 Å². The first kappa shape index (κ1) is 19.7. The van der Waals surface area contributed by atoms with Crippen LogP contribution in [-0.2, 0) is 16.1 Å². The molecule has 1 atom stereocenters. The molecule has 8 heteroatoms. The molecule has 2 saturated heterocycles. The van der Waals surface area contributed by atoms with Crippen LogP contribution in [0.25, 0.3) is 11.3 Å². The van der Waals surface area contributed by atoms with Gasteiger partial charge in [-0.3, -0.25) is 19.5 Å². The van der Waals surface area contributed by atoms with Gasteiger partial charge in [0.15, 0.2) is 0 Å². The number of rotatable bonds is 6. The van der Waals surface area contributed by atoms with E-state index in [1.807, 2.05) is 17.0 Å². The number of hydrogen-bond acceptors (Lipinski definition) is 6. The first-order valence-electron chi connectivity index (χ1n) is 10.3. The van der Waals surface area contributed by atoms with Crippen LogP contribution in [-0.4, -0.2) is 75.9 Å². The van der Waals surface area contributed by atoms with Crippen molar-refractivity contribution in [2.24, 2.45) is 0 Å². The number of likely N-dealkylation sites (tertiary alicyclic amines) is 1. The Balaban J connectivity index is 1.42. The molecule has 8 nitrogen and oxygen atoms in total. The average molecular weight is 397 g/mol. The second-order valence-electron chi connectivity index (χ2n) is 7.59. The maximum atomic E-state index is 12.4. The van der Waals surface area contributed by atoms with Gasteiger partial charge in [0, 0.05) is 56.3 Å². The quantitative estimate of drug-likeness (QED) is 0.724. The van der Waals surface area contributed by atoms with Gasteiger partial charge in [-0.2, -0.15) is 5.10 Å². The van der Waals surface area contributed by atoms with E-state index in [2.05, 4.69) is 15.0 Å². The molecule has 0 spiro atoms. The molecular weight excluding hydrogens is 370 g/mol. The number of nitrogens with zero attached hydrogens (tertiary/aromatic N) is 5. The molecule has 1 amide bonds. The highest BCUT2D eigenvalue weighted by molar-refractivity contribution is 5.77. The summed E-state index contributed by atoms with van der Waals surface area (Å²) in [5.41, 5.74) is 1.63. The fraction of sp³-hybridized carbons (Fsp3) is 0.524. The molecule has 4 rings (SSSR count). The van der Waals surface area contributed by atoms with Gasteiger partial charge in [-0.15, -0.1) is 0 Å². The molecule has 0 aromatic carbocycles. The molecule has 0 aliphatic carbocycles. The van der Waals surface area contributed by atoms with E-state index in [0.717, 1.165) is 50.2 Å². The molecule has 2 fully saturated rings. The normalized spacial score (nSPS) is 20.8. The Morgan fingerprint density at radius 1 is 1.03 bits per heavy atom. The zero-order valence-corrected chi connectivity index (χ0v) is 16.6. The van der Waals surface area contributed by atoms with E-state index in [1.54, 1.807) is 29.2 Å². The van der Waals surface area contributed by atoms with Crippen LogP contribution in [0.3, 0.4) is 0 Å². The summed E-state index contributed by atoms with van der Waals surface area (Å²) >= 11 is 0. The van der Waals surface area contributed by atoms with E-state index < -0.39 is 0 Å². The SMILES string of the molecule is O=C1COCCCN1CCN1CCCC1Cn1nc(-c2ccncc2)ccc1=O. The average Bonchev–Trinajstić information content (AvgIpc) is 3.08. The Bertz CT molecular complexity index is 885. The maximum absolute atomic E-state index is 12.4. The Kier molecular flexibility index (Phi) is 6.31. The van der Waals surface area contributed by atoms with E-state index in [9.17, 15) is 9.59 Å². The summed E-state index contributed by atoms with van der Waals surface area (Å²) in [4.78, 5) is 32.8. The van der Waals surface area contributed by atoms with Gasteiger partial charge in [0.2, 0.25) is 5.91 Å². The molecule has 2 aromatic heterocycles. The molecule has 4 heterocycles. The first-order chi connectivity index (χ1) is 14.2. The zero-order chi connectivity index (χ0) is 20.1. The lowest BCUT2D eigenvalue weighted by molar-refractivity contribution is -0.134. The fourth-order valence-electron chi connectivity index (χ4n) is 4.07. The molecule has 2 aliphatic rings. The minimum atomic E-state index is -0.0884. The number of pyridine rings is 1. The fourth-order valence-corrected chi connectivity index (χ4v) is 4.07. The standard InChI is InChI=1S/C21H27N5O3/c27-20-5-4-19(17-6-8-22-9-7-17)23-26(20)15-18-3-1-10-24(18)12-13-25-11-2-14-29-16-21(25)28/h4-9,18H,1-3,10-16H2. The van der Waals surface area contributed by atoms with Crippen molar-refractivity contribution in [2.45, 2.75) is 31.8 Å². The molecule has 0 bridgehead atoms. The Morgan fingerprint density at radius 2 is 1.90 bits per heavy atom. The van der Waals surface area contributed by atoms with Crippen molar-refractivity contribution in [3.8, 4) is 11.3 Å². The Morgan fingerprint density at radius 3 is 2.76 bits per heavy atom. The molecule has 0 radical (unpaired) electrons. The summed E-state index contributed by atoms with van der Waals surface area (Å²) in [6.45, 7) is 4.66. The minimum Gasteiger partial charge on any atom is -0.372 e. The lowest BCUT2D eigenvalue weighted by Crippen LogP contribution is -2.43. The van der Waals surface area contributed by atoms with Gasteiger partial charge in [0.25, 0.3) is 5.56 Å². The second kappa shape index (κ2) is 9.28. The Labute approximate surface area is 170 Å². The number of ether oxygens (including phenoxy) is 1. The molecule has 1 unspecified atom stereocenters. The molecular formula is C21H27N5O3. The minimum absolute atomic E-state index is 0.0705. The monoisotopic (exact) mass is 397 g/mol. The largest absolute Gasteiger partial charge is 0.372 e. The molecule has 154 valence electrons. The van der Waals surface area contributed by atoms with Crippen LogP contribution in [0.4, 0.5) is 0 Å². The van der Waals surface area contributed by atoms with Crippen LogP contribution in [0.15, 0.2) is 41.5 Å². The van der Waals surface area contributed by atoms with Gasteiger partial charge in [-0.1, -0.05) is 0 Å². The number of aromatic nitrogens is 3. The summed E-state index contributed by atoms with van der Waals surface area (Å²) in [7, 11) is 0. The van der Waals surface area contributed by atoms with Crippen molar-refractivity contribution in [3.05, 3.63) is 47.0 Å². The second-order valence-corrected chi connectivity index (χ2v) is 7.59. The first-order valence-corrected chi connectivity index (χ1v) is 10.3. The third kappa shape index (κ3) is 4.89. The van der Waals surface area contributed by atoms with Crippen molar-refractivity contribution in [3.63, 3.8) is 0 Å². The summed E-state index contributed by atoms with van der Waals surface area (Å²) in [6, 6.07) is 7.37. The number of hydrogen-bond donors (Lipinski definition) is 0. The highest BCUT2D eigenvalue weighted by Crippen LogP contribution is 2.19. The van der Waals surface area contributed by atoms with Crippen LogP contribution in [0, 0.1) is 0 Å². The Hall–Kier alpha value is -2.58. The lowest BCUT2D eigenvalue weighted by Gasteiger charge is -2.28. The predicted molar refractivity (Wildman–Crippen MR) is 108 cm³/mol. The summed E-state index contributed by atoms with van der Waals surface area (Å²) in [5, 5.41) is 4.58. The lowest BCUT2D eigenvalue weighted by atomic mass is 10.2. The molecule has 0 N–H and O–H groups in total. The van der Waals surface area contributed by atoms with Crippen molar-refractivity contribution < 1.29 is 9.53 Å². The molecule has 29 heavy (non-hydrogen) atoms. The van der Waals surface area contributed by atoms with Crippen LogP contribution >= 0.6 is 0 Å². The van der Waals surface area contributed by atoms with Gasteiger partial charge in [0.05, 0.1) is 12.2 Å². The van der Waals surface area contributed by atoms with Gasteiger partial charge in [-0.25, -0.2) is 4.68 Å². The maximum Gasteiger partial charge on any atom is 0.266 e. The van der Waals surface area contributed by atoms with E-state index >= 15 is 0 Å². The van der Waals surface area contributed by atoms with Crippen LogP contribution in [0.1, 0.15) is 19.3 Å². The third-order valence-corrected chi connectivity index (χ3v) is 5.68. The van der Waals surface area contributed by atoms with Crippen molar-refractivity contribution in [1.82, 2.24) is 24.6 Å². The van der Waals surface area contributed by atoms with E-state index in [0.29, 0.717) is 19.7 Å². The van der Waals surface area contributed by atoms with E-state index in [-0.39, 0.29) is 24.1 Å². The van der Waals surface area contributed by atoms with Crippen molar-refractivity contribution in [2.75, 3.05) is 39.4 Å². The smallest absolute Gasteiger partial charge is 0.266 e. The van der Waals surface area contributed by atoms with Crippen molar-refractivity contribution >= 4 is 5.91 Å². The summed E-state index contributed by atoms with van der Waals surface area (Å²) in [5.74, 6) is 0.0705.